The first-order chi connectivity index (χ1) is 19.3. The summed E-state index contributed by atoms with van der Waals surface area (Å²) in [5.74, 6) is 0. The van der Waals surface area contributed by atoms with Gasteiger partial charge in [0, 0.05) is 29.9 Å². The maximum Gasteiger partial charge on any atom is 0.411 e. The lowest BCUT2D eigenvalue weighted by Gasteiger charge is -2.11. The van der Waals surface area contributed by atoms with Crippen molar-refractivity contribution in [1.29, 1.82) is 0 Å². The number of rotatable bonds is 9. The van der Waals surface area contributed by atoms with Crippen molar-refractivity contribution in [3.8, 4) is 0 Å². The first-order valence-corrected chi connectivity index (χ1v) is 12.0. The second-order valence-corrected chi connectivity index (χ2v) is 8.18. The molecule has 0 aliphatic rings. The van der Waals surface area contributed by atoms with E-state index in [0.717, 1.165) is 11.1 Å². The van der Waals surface area contributed by atoms with Crippen LogP contribution in [0.25, 0.3) is 0 Å². The molecule has 0 saturated carbocycles. The minimum absolute atomic E-state index is 0.174. The Hall–Kier alpha value is -5.30. The normalized spacial score (nSPS) is 10.1. The van der Waals surface area contributed by atoms with Crippen molar-refractivity contribution in [1.82, 2.24) is 10.9 Å². The van der Waals surface area contributed by atoms with Gasteiger partial charge < -0.3 is 24.8 Å². The van der Waals surface area contributed by atoms with Crippen molar-refractivity contribution in [2.24, 2.45) is 0 Å². The highest BCUT2D eigenvalue weighted by atomic mass is 16.6. The van der Waals surface area contributed by atoms with E-state index in [-0.39, 0.29) is 6.61 Å². The van der Waals surface area contributed by atoms with Crippen LogP contribution in [0.3, 0.4) is 0 Å². The Balaban J connectivity index is 1.39. The van der Waals surface area contributed by atoms with Crippen molar-refractivity contribution in [2.45, 2.75) is 6.42 Å². The lowest BCUT2D eigenvalue weighted by molar-refractivity contribution is 0.107. The molecule has 0 bridgehead atoms. The summed E-state index contributed by atoms with van der Waals surface area (Å²) in [5.41, 5.74) is 8.61. The van der Waals surface area contributed by atoms with Crippen LogP contribution in [0.5, 0.6) is 0 Å². The Morgan fingerprint density at radius 3 is 1.38 bits per heavy atom. The monoisotopic (exact) mass is 550 g/mol. The van der Waals surface area contributed by atoms with E-state index in [2.05, 4.69) is 36.9 Å². The molecule has 0 aromatic heterocycles. The maximum absolute atomic E-state index is 12.1. The van der Waals surface area contributed by atoms with Crippen molar-refractivity contribution in [3.05, 3.63) is 83.9 Å². The Labute approximate surface area is 230 Å². The molecule has 0 aliphatic carbocycles. The standard InChI is InChI=1S/C27H30N6O7/c1-38-15-16-40-27(37)31-22-9-5-19(6-10-22)17-18-3-7-20(8-4-18)28-24(34)32-33-25(35)29-21-11-13-23(14-12-21)30-26(36)39-2/h3-14H,15-17H2,1-2H3,(H,30,36)(H,31,37)(H2,28,32,34)(H2,29,33,35). The minimum Gasteiger partial charge on any atom is -0.453 e. The summed E-state index contributed by atoms with van der Waals surface area (Å²) in [6, 6.07) is 19.6. The van der Waals surface area contributed by atoms with Crippen molar-refractivity contribution in [3.63, 3.8) is 0 Å². The molecule has 0 unspecified atom stereocenters. The SMILES string of the molecule is COCCOC(=O)Nc1ccc(Cc2ccc(NC(=O)NNC(=O)Nc3ccc(NC(=O)OC)cc3)cc2)cc1. The molecule has 3 rings (SSSR count). The van der Waals surface area contributed by atoms with E-state index in [4.69, 9.17) is 9.47 Å². The van der Waals surface area contributed by atoms with Gasteiger partial charge in [0.05, 0.1) is 13.7 Å². The third-order valence-electron chi connectivity index (χ3n) is 5.21. The Kier molecular flexibility index (Phi) is 11.1. The maximum atomic E-state index is 12.1. The summed E-state index contributed by atoms with van der Waals surface area (Å²) < 4.78 is 14.3. The summed E-state index contributed by atoms with van der Waals surface area (Å²) in [7, 11) is 2.78. The van der Waals surface area contributed by atoms with Crippen molar-refractivity contribution < 1.29 is 33.4 Å². The molecule has 0 atom stereocenters. The van der Waals surface area contributed by atoms with E-state index in [9.17, 15) is 19.2 Å². The smallest absolute Gasteiger partial charge is 0.411 e. The molecule has 210 valence electrons. The van der Waals surface area contributed by atoms with E-state index in [1.54, 1.807) is 48.5 Å². The molecular weight excluding hydrogens is 520 g/mol. The number of nitrogens with one attached hydrogen (secondary N) is 6. The average molecular weight is 551 g/mol. The quantitative estimate of drug-likeness (QED) is 0.168. The summed E-state index contributed by atoms with van der Waals surface area (Å²) in [6.45, 7) is 0.504. The zero-order valence-electron chi connectivity index (χ0n) is 21.9. The van der Waals surface area contributed by atoms with Gasteiger partial charge in [0.1, 0.15) is 6.61 Å². The van der Waals surface area contributed by atoms with Crippen LogP contribution in [0, 0.1) is 0 Å². The van der Waals surface area contributed by atoms with Crippen LogP contribution < -0.4 is 32.1 Å². The lowest BCUT2D eigenvalue weighted by Crippen LogP contribution is -2.45. The Morgan fingerprint density at radius 1 is 0.550 bits per heavy atom. The average Bonchev–Trinajstić information content (AvgIpc) is 2.95. The van der Waals surface area contributed by atoms with Gasteiger partial charge in [0.15, 0.2) is 0 Å². The number of anilines is 4. The highest BCUT2D eigenvalue weighted by molar-refractivity contribution is 5.94. The van der Waals surface area contributed by atoms with E-state index < -0.39 is 24.2 Å². The third-order valence-corrected chi connectivity index (χ3v) is 5.21. The van der Waals surface area contributed by atoms with Gasteiger partial charge in [-0.1, -0.05) is 24.3 Å². The number of amides is 6. The molecule has 0 aliphatic heterocycles. The van der Waals surface area contributed by atoms with Crippen LogP contribution in [0.4, 0.5) is 41.9 Å². The first kappa shape index (κ1) is 29.3. The zero-order valence-corrected chi connectivity index (χ0v) is 21.9. The molecule has 6 N–H and O–H groups in total. The minimum atomic E-state index is -0.664. The molecule has 3 aromatic carbocycles. The zero-order chi connectivity index (χ0) is 28.7. The Morgan fingerprint density at radius 2 is 0.950 bits per heavy atom. The van der Waals surface area contributed by atoms with E-state index in [1.807, 2.05) is 24.3 Å². The van der Waals surface area contributed by atoms with Crippen LogP contribution >= 0.6 is 0 Å². The lowest BCUT2D eigenvalue weighted by atomic mass is 10.0. The second kappa shape index (κ2) is 15.2. The second-order valence-electron chi connectivity index (χ2n) is 8.18. The van der Waals surface area contributed by atoms with Gasteiger partial charge in [-0.3, -0.25) is 10.6 Å². The van der Waals surface area contributed by atoms with Crippen LogP contribution in [0.15, 0.2) is 72.8 Å². The van der Waals surface area contributed by atoms with Gasteiger partial charge in [0.2, 0.25) is 0 Å². The highest BCUT2D eigenvalue weighted by Gasteiger charge is 2.07. The van der Waals surface area contributed by atoms with Gasteiger partial charge in [-0.2, -0.15) is 0 Å². The number of carbonyl (C=O) groups excluding carboxylic acids is 4. The number of hydrogen-bond acceptors (Lipinski definition) is 7. The molecule has 13 nitrogen and oxygen atoms in total. The third kappa shape index (κ3) is 10.2. The topological polar surface area (TPSA) is 168 Å². The van der Waals surface area contributed by atoms with Gasteiger partial charge in [-0.15, -0.1) is 0 Å². The highest BCUT2D eigenvalue weighted by Crippen LogP contribution is 2.16. The molecule has 0 heterocycles. The van der Waals surface area contributed by atoms with Crippen LogP contribution in [-0.2, 0) is 20.6 Å². The van der Waals surface area contributed by atoms with Crippen LogP contribution in [-0.4, -0.2) is 51.7 Å². The van der Waals surface area contributed by atoms with E-state index in [1.165, 1.54) is 14.2 Å². The molecule has 6 amide bonds. The molecule has 0 radical (unpaired) electrons. The fraction of sp³-hybridized carbons (Fsp3) is 0.185. The molecule has 3 aromatic rings. The van der Waals surface area contributed by atoms with Crippen LogP contribution in [0.1, 0.15) is 11.1 Å². The number of benzene rings is 3. The number of hydrazine groups is 1. The summed E-state index contributed by atoms with van der Waals surface area (Å²) in [5, 5.41) is 10.3. The summed E-state index contributed by atoms with van der Waals surface area (Å²) >= 11 is 0. The number of carbonyl (C=O) groups is 4. The van der Waals surface area contributed by atoms with Crippen molar-refractivity contribution >= 4 is 47.0 Å². The van der Waals surface area contributed by atoms with E-state index >= 15 is 0 Å². The molecule has 0 saturated heterocycles. The predicted octanol–water partition coefficient (Wildman–Crippen LogP) is 4.51. The summed E-state index contributed by atoms with van der Waals surface area (Å²) in [4.78, 5) is 47.1. The van der Waals surface area contributed by atoms with Gasteiger partial charge >= 0.3 is 24.2 Å². The summed E-state index contributed by atoms with van der Waals surface area (Å²) in [6.07, 6.45) is -0.511. The van der Waals surface area contributed by atoms with E-state index in [0.29, 0.717) is 35.8 Å². The van der Waals surface area contributed by atoms with Gasteiger partial charge in [-0.05, 0) is 66.1 Å². The Bertz CT molecular complexity index is 1280. The molecule has 0 fully saturated rings. The largest absolute Gasteiger partial charge is 0.453 e. The van der Waals surface area contributed by atoms with Gasteiger partial charge in [0.25, 0.3) is 0 Å². The van der Waals surface area contributed by atoms with Crippen LogP contribution in [0.2, 0.25) is 0 Å². The van der Waals surface area contributed by atoms with Gasteiger partial charge in [-0.25, -0.2) is 30.0 Å². The number of hydrogen-bond donors (Lipinski definition) is 6. The molecule has 13 heteroatoms. The number of urea groups is 2. The number of methoxy groups -OCH3 is 2. The molecule has 0 spiro atoms. The fourth-order valence-electron chi connectivity index (χ4n) is 3.26. The van der Waals surface area contributed by atoms with Crippen molar-refractivity contribution in [2.75, 3.05) is 48.7 Å². The predicted molar refractivity (Wildman–Crippen MR) is 149 cm³/mol. The first-order valence-electron chi connectivity index (χ1n) is 12.0. The number of ether oxygens (including phenoxy) is 3. The fourth-order valence-corrected chi connectivity index (χ4v) is 3.26. The molecule has 40 heavy (non-hydrogen) atoms. The molecular formula is C27H30N6O7.